The summed E-state index contributed by atoms with van der Waals surface area (Å²) in [6.07, 6.45) is 12.8. The van der Waals surface area contributed by atoms with E-state index in [1.54, 1.807) is 0 Å². The first-order valence-corrected chi connectivity index (χ1v) is 13.2. The molecule has 0 bridgehead atoms. The fourth-order valence-electron chi connectivity index (χ4n) is 8.24. The minimum Gasteiger partial charge on any atom is -0.394 e. The highest BCUT2D eigenvalue weighted by Gasteiger charge is 2.61. The number of nitrogens with zero attached hydrogens (tertiary/aromatic N) is 2. The molecular weight excluding hydrogens is 396 g/mol. The predicted molar refractivity (Wildman–Crippen MR) is 129 cm³/mol. The van der Waals surface area contributed by atoms with E-state index < -0.39 is 0 Å². The van der Waals surface area contributed by atoms with Crippen molar-refractivity contribution in [3.8, 4) is 0 Å². The summed E-state index contributed by atoms with van der Waals surface area (Å²) in [7, 11) is 0. The molecule has 4 heteroatoms. The van der Waals surface area contributed by atoms with Crippen LogP contribution in [-0.4, -0.2) is 42.6 Å². The lowest BCUT2D eigenvalue weighted by atomic mass is 9.47. The van der Waals surface area contributed by atoms with Crippen molar-refractivity contribution in [3.05, 3.63) is 23.8 Å². The first-order chi connectivity index (χ1) is 15.3. The molecule has 1 heterocycles. The monoisotopic (exact) mass is 438 g/mol. The summed E-state index contributed by atoms with van der Waals surface area (Å²) in [4.78, 5) is 21.2. The third-order valence-electron chi connectivity index (χ3n) is 10.1. The Bertz CT molecular complexity index is 838. The van der Waals surface area contributed by atoms with Gasteiger partial charge in [0.25, 0.3) is 0 Å². The molecular formula is C28H42N2O2. The van der Waals surface area contributed by atoms with Crippen molar-refractivity contribution in [3.63, 3.8) is 0 Å². The van der Waals surface area contributed by atoms with Crippen molar-refractivity contribution in [2.45, 2.75) is 78.6 Å². The van der Waals surface area contributed by atoms with Gasteiger partial charge in [0.1, 0.15) is 12.4 Å². The summed E-state index contributed by atoms with van der Waals surface area (Å²) >= 11 is 0. The second-order valence-corrected chi connectivity index (χ2v) is 11.9. The molecule has 0 amide bonds. The summed E-state index contributed by atoms with van der Waals surface area (Å²) in [5.41, 5.74) is 3.86. The highest BCUT2D eigenvalue weighted by Crippen LogP contribution is 2.65. The van der Waals surface area contributed by atoms with Gasteiger partial charge < -0.3 is 4.84 Å². The Morgan fingerprint density at radius 1 is 1.16 bits per heavy atom. The zero-order valence-corrected chi connectivity index (χ0v) is 20.5. The third-order valence-corrected chi connectivity index (χ3v) is 10.1. The average Bonchev–Trinajstić information content (AvgIpc) is 3.02. The van der Waals surface area contributed by atoms with E-state index >= 15 is 0 Å². The zero-order chi connectivity index (χ0) is 22.5. The van der Waals surface area contributed by atoms with Gasteiger partial charge in [-0.3, -0.25) is 9.69 Å². The van der Waals surface area contributed by atoms with Gasteiger partial charge in [0, 0.05) is 17.9 Å². The van der Waals surface area contributed by atoms with Crippen LogP contribution in [0.1, 0.15) is 78.6 Å². The fourth-order valence-corrected chi connectivity index (χ4v) is 8.24. The van der Waals surface area contributed by atoms with Crippen molar-refractivity contribution >= 4 is 11.5 Å². The largest absolute Gasteiger partial charge is 0.394 e. The zero-order valence-electron chi connectivity index (χ0n) is 20.5. The molecule has 1 aliphatic heterocycles. The molecule has 4 unspecified atom stereocenters. The van der Waals surface area contributed by atoms with Crippen LogP contribution in [0.2, 0.25) is 0 Å². The molecule has 4 aliphatic carbocycles. The van der Waals surface area contributed by atoms with Crippen molar-refractivity contribution in [1.29, 1.82) is 0 Å². The van der Waals surface area contributed by atoms with Gasteiger partial charge in [-0.1, -0.05) is 44.5 Å². The SMILES string of the molecule is C=C1CC2C(CC[C@]3(C)C(=O)C(C)CC23)[C@@]2(C)CCC(=NOCCN3CCCCC3)C=C12. The lowest BCUT2D eigenvalue weighted by molar-refractivity contribution is -0.133. The van der Waals surface area contributed by atoms with Crippen molar-refractivity contribution in [2.75, 3.05) is 26.2 Å². The lowest BCUT2D eigenvalue weighted by Crippen LogP contribution is -2.51. The number of carbonyl (C=O) groups is 1. The third kappa shape index (κ3) is 3.61. The number of likely N-dealkylation sites (tertiary alicyclic amines) is 1. The van der Waals surface area contributed by atoms with E-state index in [9.17, 15) is 4.79 Å². The fraction of sp³-hybridized carbons (Fsp3) is 0.786. The number of hydrogen-bond donors (Lipinski definition) is 0. The molecule has 1 saturated heterocycles. The van der Waals surface area contributed by atoms with E-state index in [0.29, 0.717) is 30.1 Å². The molecule has 4 nitrogen and oxygen atoms in total. The standard InChI is InChI=1S/C28H42N2O2/c1-19-16-22-23(9-11-28(4)25(22)17-20(2)26(28)31)27(3)10-8-21(18-24(19)27)29-32-15-14-30-12-6-5-7-13-30/h18,20,22-23,25H,1,5-17H2,2-4H3/t20?,22?,23?,25?,27-,28+/m1/s1. The molecule has 6 atom stereocenters. The molecule has 0 spiro atoms. The first-order valence-electron chi connectivity index (χ1n) is 13.2. The quantitative estimate of drug-likeness (QED) is 0.412. The smallest absolute Gasteiger partial charge is 0.141 e. The van der Waals surface area contributed by atoms with E-state index in [4.69, 9.17) is 4.84 Å². The van der Waals surface area contributed by atoms with Crippen molar-refractivity contribution in [1.82, 2.24) is 4.90 Å². The Kier molecular flexibility index (Phi) is 5.89. The van der Waals surface area contributed by atoms with Gasteiger partial charge in [-0.25, -0.2) is 0 Å². The molecule has 176 valence electrons. The van der Waals surface area contributed by atoms with Gasteiger partial charge in [0.15, 0.2) is 0 Å². The van der Waals surface area contributed by atoms with E-state index in [1.165, 1.54) is 49.9 Å². The molecule has 0 aromatic heterocycles. The number of piperidine rings is 1. The Labute approximate surface area is 194 Å². The summed E-state index contributed by atoms with van der Waals surface area (Å²) in [5.74, 6) is 2.56. The minimum absolute atomic E-state index is 0.0953. The number of ketones is 1. The van der Waals surface area contributed by atoms with E-state index in [1.807, 2.05) is 0 Å². The van der Waals surface area contributed by atoms with Crippen LogP contribution >= 0.6 is 0 Å². The van der Waals surface area contributed by atoms with Crippen LogP contribution in [0.3, 0.4) is 0 Å². The highest BCUT2D eigenvalue weighted by molar-refractivity contribution is 5.97. The predicted octanol–water partition coefficient (Wildman–Crippen LogP) is 5.79. The summed E-state index contributed by atoms with van der Waals surface area (Å²) in [5, 5.41) is 4.54. The molecule has 0 radical (unpaired) electrons. The molecule has 0 aromatic rings. The van der Waals surface area contributed by atoms with Gasteiger partial charge in [-0.2, -0.15) is 0 Å². The maximum absolute atomic E-state index is 13.0. The number of fused-ring (bicyclic) bond motifs is 5. The number of allylic oxidation sites excluding steroid dienone is 3. The van der Waals surface area contributed by atoms with Gasteiger partial charge >= 0.3 is 0 Å². The molecule has 4 fully saturated rings. The first kappa shape index (κ1) is 22.4. The van der Waals surface area contributed by atoms with Gasteiger partial charge in [-0.15, -0.1) is 0 Å². The van der Waals surface area contributed by atoms with Crippen LogP contribution < -0.4 is 0 Å². The maximum Gasteiger partial charge on any atom is 0.141 e. The number of rotatable bonds is 4. The number of Topliss-reactive ketones (excluding diaryl/α,β-unsaturated/α-hetero) is 1. The Hall–Kier alpha value is -1.42. The molecule has 5 rings (SSSR count). The Morgan fingerprint density at radius 2 is 1.94 bits per heavy atom. The van der Waals surface area contributed by atoms with Crippen LogP contribution in [0.4, 0.5) is 0 Å². The molecule has 0 aromatic carbocycles. The van der Waals surface area contributed by atoms with Gasteiger partial charge in [0.2, 0.25) is 0 Å². The van der Waals surface area contributed by atoms with E-state index in [2.05, 4.69) is 43.5 Å². The Balaban J connectivity index is 1.29. The summed E-state index contributed by atoms with van der Waals surface area (Å²) in [6.45, 7) is 15.5. The minimum atomic E-state index is -0.0953. The normalized spacial score (nSPS) is 43.5. The number of hydrogen-bond acceptors (Lipinski definition) is 4. The lowest BCUT2D eigenvalue weighted by Gasteiger charge is -2.57. The Morgan fingerprint density at radius 3 is 2.72 bits per heavy atom. The van der Waals surface area contributed by atoms with Crippen LogP contribution in [0.25, 0.3) is 0 Å². The molecule has 0 N–H and O–H groups in total. The molecule has 32 heavy (non-hydrogen) atoms. The second-order valence-electron chi connectivity index (χ2n) is 11.9. The number of oxime groups is 1. The average molecular weight is 439 g/mol. The topological polar surface area (TPSA) is 41.9 Å². The highest BCUT2D eigenvalue weighted by atomic mass is 16.6. The van der Waals surface area contributed by atoms with E-state index in [-0.39, 0.29) is 16.7 Å². The van der Waals surface area contributed by atoms with E-state index in [0.717, 1.165) is 44.4 Å². The van der Waals surface area contributed by atoms with Crippen LogP contribution in [0.15, 0.2) is 29.0 Å². The summed E-state index contributed by atoms with van der Waals surface area (Å²) in [6, 6.07) is 0. The van der Waals surface area contributed by atoms with Gasteiger partial charge in [-0.05, 0) is 99.3 Å². The summed E-state index contributed by atoms with van der Waals surface area (Å²) < 4.78 is 0. The van der Waals surface area contributed by atoms with Crippen LogP contribution in [0.5, 0.6) is 0 Å². The second kappa shape index (κ2) is 8.42. The molecule has 3 saturated carbocycles. The van der Waals surface area contributed by atoms with Crippen molar-refractivity contribution < 1.29 is 9.63 Å². The van der Waals surface area contributed by atoms with Crippen molar-refractivity contribution in [2.24, 2.45) is 39.7 Å². The maximum atomic E-state index is 13.0. The van der Waals surface area contributed by atoms with Gasteiger partial charge in [0.05, 0.1) is 5.71 Å². The van der Waals surface area contributed by atoms with Crippen LogP contribution in [-0.2, 0) is 9.63 Å². The van der Waals surface area contributed by atoms with Crippen LogP contribution in [0, 0.1) is 34.5 Å². The number of carbonyl (C=O) groups excluding carboxylic acids is 1. The molecule has 5 aliphatic rings.